The molecule has 0 bridgehead atoms. The first-order valence-corrected chi connectivity index (χ1v) is 7.61. The van der Waals surface area contributed by atoms with E-state index in [2.05, 4.69) is 10.3 Å². The lowest BCUT2D eigenvalue weighted by molar-refractivity contribution is 0.0918. The molecule has 4 nitrogen and oxygen atoms in total. The molecule has 0 aliphatic rings. The van der Waals surface area contributed by atoms with E-state index in [1.807, 2.05) is 18.3 Å². The molecule has 2 heterocycles. The van der Waals surface area contributed by atoms with Gasteiger partial charge in [0, 0.05) is 28.7 Å². The van der Waals surface area contributed by atoms with Crippen LogP contribution in [-0.2, 0) is 0 Å². The Hall–Kier alpha value is -1.82. The van der Waals surface area contributed by atoms with Crippen LogP contribution in [0.5, 0.6) is 0 Å². The van der Waals surface area contributed by atoms with Crippen molar-refractivity contribution in [1.82, 2.24) is 10.3 Å². The van der Waals surface area contributed by atoms with Crippen LogP contribution in [0, 0.1) is 0 Å². The Bertz CT molecular complexity index is 781. The smallest absolute Gasteiger partial charge is 0.251 e. The molecule has 0 aliphatic carbocycles. The minimum absolute atomic E-state index is 0.151. The van der Waals surface area contributed by atoms with Gasteiger partial charge in [-0.15, -0.1) is 11.3 Å². The van der Waals surface area contributed by atoms with E-state index < -0.39 is 6.10 Å². The average Bonchev–Trinajstić information content (AvgIpc) is 3.12. The third-order valence-corrected chi connectivity index (χ3v) is 4.53. The molecule has 0 radical (unpaired) electrons. The third-order valence-electron chi connectivity index (χ3n) is 3.20. The lowest BCUT2D eigenvalue weighted by Gasteiger charge is -2.10. The molecule has 0 aliphatic heterocycles. The Morgan fingerprint density at radius 2 is 2.19 bits per heavy atom. The molecule has 0 spiro atoms. The van der Waals surface area contributed by atoms with Gasteiger partial charge in [-0.2, -0.15) is 0 Å². The van der Waals surface area contributed by atoms with Gasteiger partial charge in [-0.05, 0) is 35.7 Å². The number of aromatic nitrogens is 1. The van der Waals surface area contributed by atoms with Crippen LogP contribution in [0.1, 0.15) is 21.3 Å². The average molecular weight is 321 g/mol. The quantitative estimate of drug-likeness (QED) is 0.690. The molecule has 108 valence electrons. The topological polar surface area (TPSA) is 65.1 Å². The number of aliphatic hydroxyl groups is 1. The van der Waals surface area contributed by atoms with Crippen LogP contribution < -0.4 is 5.32 Å². The number of aromatic amines is 1. The van der Waals surface area contributed by atoms with Gasteiger partial charge in [-0.3, -0.25) is 4.79 Å². The highest BCUT2D eigenvalue weighted by Crippen LogP contribution is 2.26. The summed E-state index contributed by atoms with van der Waals surface area (Å²) < 4.78 is 0.618. The number of nitrogens with one attached hydrogen (secondary N) is 2. The number of aliphatic hydroxyl groups excluding tert-OH is 1. The minimum Gasteiger partial charge on any atom is -0.386 e. The summed E-state index contributed by atoms with van der Waals surface area (Å²) in [6.45, 7) is 0.151. The SMILES string of the molecule is O=C(NCC(O)c1ccc(Cl)s1)c1ccc2cc[nH]c2c1. The molecular formula is C15H13ClN2O2S. The van der Waals surface area contributed by atoms with Crippen LogP contribution in [0.25, 0.3) is 10.9 Å². The van der Waals surface area contributed by atoms with Gasteiger partial charge in [0.2, 0.25) is 0 Å². The van der Waals surface area contributed by atoms with Crippen molar-refractivity contribution < 1.29 is 9.90 Å². The van der Waals surface area contributed by atoms with Crippen molar-refractivity contribution in [1.29, 1.82) is 0 Å². The maximum absolute atomic E-state index is 12.1. The van der Waals surface area contributed by atoms with Gasteiger partial charge in [0.15, 0.2) is 0 Å². The number of carbonyl (C=O) groups excluding carboxylic acids is 1. The van der Waals surface area contributed by atoms with Gasteiger partial charge in [0.1, 0.15) is 6.10 Å². The number of fused-ring (bicyclic) bond motifs is 1. The fourth-order valence-corrected chi connectivity index (χ4v) is 3.14. The van der Waals surface area contributed by atoms with E-state index >= 15 is 0 Å². The van der Waals surface area contributed by atoms with E-state index in [0.717, 1.165) is 15.8 Å². The number of thiophene rings is 1. The van der Waals surface area contributed by atoms with Crippen molar-refractivity contribution in [2.45, 2.75) is 6.10 Å². The molecule has 1 amide bonds. The highest BCUT2D eigenvalue weighted by atomic mass is 35.5. The summed E-state index contributed by atoms with van der Waals surface area (Å²) in [5.74, 6) is -0.215. The van der Waals surface area contributed by atoms with Gasteiger partial charge >= 0.3 is 0 Å². The van der Waals surface area contributed by atoms with Gasteiger partial charge < -0.3 is 15.4 Å². The molecule has 3 rings (SSSR count). The van der Waals surface area contributed by atoms with Crippen LogP contribution in [0.2, 0.25) is 4.34 Å². The fourth-order valence-electron chi connectivity index (χ4n) is 2.09. The molecule has 1 atom stereocenters. The summed E-state index contributed by atoms with van der Waals surface area (Å²) in [4.78, 5) is 15.9. The molecule has 3 aromatic rings. The molecule has 3 N–H and O–H groups in total. The molecule has 0 saturated carbocycles. The van der Waals surface area contributed by atoms with Crippen LogP contribution >= 0.6 is 22.9 Å². The molecule has 2 aromatic heterocycles. The van der Waals surface area contributed by atoms with Crippen molar-refractivity contribution in [3.05, 3.63) is 57.4 Å². The Morgan fingerprint density at radius 3 is 2.95 bits per heavy atom. The first-order chi connectivity index (χ1) is 10.1. The summed E-state index contributed by atoms with van der Waals surface area (Å²) in [6.07, 6.45) is 1.08. The molecule has 0 fully saturated rings. The van der Waals surface area contributed by atoms with E-state index in [-0.39, 0.29) is 12.5 Å². The number of halogens is 1. The first-order valence-electron chi connectivity index (χ1n) is 6.42. The Kier molecular flexibility index (Phi) is 3.96. The summed E-state index contributed by atoms with van der Waals surface area (Å²) in [6, 6.07) is 10.9. The number of hydrogen-bond donors (Lipinski definition) is 3. The molecule has 21 heavy (non-hydrogen) atoms. The van der Waals surface area contributed by atoms with Crippen LogP contribution in [-0.4, -0.2) is 22.5 Å². The van der Waals surface area contributed by atoms with E-state index in [9.17, 15) is 9.90 Å². The fraction of sp³-hybridized carbons (Fsp3) is 0.133. The summed E-state index contributed by atoms with van der Waals surface area (Å²) >= 11 is 7.13. The van der Waals surface area contributed by atoms with Gasteiger partial charge in [-0.1, -0.05) is 17.7 Å². The number of H-pyrrole nitrogens is 1. The van der Waals surface area contributed by atoms with Crippen LogP contribution in [0.4, 0.5) is 0 Å². The standard InChI is InChI=1S/C15H13ClN2O2S/c16-14-4-3-13(21-14)12(19)8-18-15(20)10-2-1-9-5-6-17-11(9)7-10/h1-7,12,17,19H,8H2,(H,18,20). The first kappa shape index (κ1) is 14.1. The Labute approximate surface area is 130 Å². The van der Waals surface area contributed by atoms with Gasteiger partial charge in [-0.25, -0.2) is 0 Å². The van der Waals surface area contributed by atoms with Crippen molar-refractivity contribution in [2.24, 2.45) is 0 Å². The Morgan fingerprint density at radius 1 is 1.33 bits per heavy atom. The lowest BCUT2D eigenvalue weighted by Crippen LogP contribution is -2.28. The molecule has 1 aromatic carbocycles. The normalized spacial score (nSPS) is 12.5. The van der Waals surface area contributed by atoms with Gasteiger partial charge in [0.05, 0.1) is 4.34 Å². The molecular weight excluding hydrogens is 308 g/mol. The minimum atomic E-state index is -0.749. The second-order valence-electron chi connectivity index (χ2n) is 4.65. The van der Waals surface area contributed by atoms with E-state index in [1.54, 1.807) is 24.3 Å². The number of amides is 1. The van der Waals surface area contributed by atoms with Crippen molar-refractivity contribution in [3.8, 4) is 0 Å². The molecule has 6 heteroatoms. The van der Waals surface area contributed by atoms with Gasteiger partial charge in [0.25, 0.3) is 5.91 Å². The van der Waals surface area contributed by atoms with E-state index in [0.29, 0.717) is 9.90 Å². The number of benzene rings is 1. The van der Waals surface area contributed by atoms with E-state index in [4.69, 9.17) is 11.6 Å². The number of hydrogen-bond acceptors (Lipinski definition) is 3. The number of carbonyl (C=O) groups is 1. The van der Waals surface area contributed by atoms with Crippen molar-refractivity contribution >= 4 is 39.7 Å². The second-order valence-corrected chi connectivity index (χ2v) is 6.39. The van der Waals surface area contributed by atoms with E-state index in [1.165, 1.54) is 11.3 Å². The summed E-state index contributed by atoms with van der Waals surface area (Å²) in [5, 5.41) is 13.8. The summed E-state index contributed by atoms with van der Waals surface area (Å²) in [5.41, 5.74) is 1.47. The van der Waals surface area contributed by atoms with Crippen LogP contribution in [0.15, 0.2) is 42.6 Å². The summed E-state index contributed by atoms with van der Waals surface area (Å²) in [7, 11) is 0. The van der Waals surface area contributed by atoms with Crippen molar-refractivity contribution in [3.63, 3.8) is 0 Å². The largest absolute Gasteiger partial charge is 0.386 e. The highest BCUT2D eigenvalue weighted by Gasteiger charge is 2.13. The lowest BCUT2D eigenvalue weighted by atomic mass is 10.1. The maximum atomic E-state index is 12.1. The highest BCUT2D eigenvalue weighted by molar-refractivity contribution is 7.16. The predicted molar refractivity (Wildman–Crippen MR) is 84.9 cm³/mol. The monoisotopic (exact) mass is 320 g/mol. The maximum Gasteiger partial charge on any atom is 0.251 e. The van der Waals surface area contributed by atoms with Crippen LogP contribution in [0.3, 0.4) is 0 Å². The van der Waals surface area contributed by atoms with Crippen molar-refractivity contribution in [2.75, 3.05) is 6.54 Å². The zero-order valence-electron chi connectivity index (χ0n) is 11.0. The third kappa shape index (κ3) is 3.10. The predicted octanol–water partition coefficient (Wildman–Crippen LogP) is 3.35. The molecule has 1 unspecified atom stereocenters. The zero-order chi connectivity index (χ0) is 14.8. The molecule has 0 saturated heterocycles. The number of rotatable bonds is 4. The Balaban J connectivity index is 1.65. The second kappa shape index (κ2) is 5.89. The zero-order valence-corrected chi connectivity index (χ0v) is 12.5.